The highest BCUT2D eigenvalue weighted by Gasteiger charge is 2.22. The Labute approximate surface area is 79.6 Å². The van der Waals surface area contributed by atoms with E-state index in [-0.39, 0.29) is 0 Å². The van der Waals surface area contributed by atoms with E-state index in [4.69, 9.17) is 5.11 Å². The standard InChI is InChI=1S/C11H18O2/c1-8(2)6-9-4-3-5-10(9)7-11(12)13/h7-9H,3-6H2,1-2H3,(H,12,13)/b10-7+. The first-order valence-electron chi connectivity index (χ1n) is 5.03. The van der Waals surface area contributed by atoms with Crippen LogP contribution in [0.5, 0.6) is 0 Å². The molecule has 1 atom stereocenters. The third kappa shape index (κ3) is 3.21. The Bertz CT molecular complexity index is 216. The highest BCUT2D eigenvalue weighted by Crippen LogP contribution is 2.35. The Morgan fingerprint density at radius 2 is 2.38 bits per heavy atom. The van der Waals surface area contributed by atoms with Gasteiger partial charge in [-0.15, -0.1) is 0 Å². The molecule has 74 valence electrons. The summed E-state index contributed by atoms with van der Waals surface area (Å²) in [6.45, 7) is 4.38. The summed E-state index contributed by atoms with van der Waals surface area (Å²) in [5, 5.41) is 8.65. The van der Waals surface area contributed by atoms with Crippen molar-refractivity contribution in [1.82, 2.24) is 0 Å². The van der Waals surface area contributed by atoms with Gasteiger partial charge in [-0.1, -0.05) is 19.4 Å². The van der Waals surface area contributed by atoms with Gasteiger partial charge >= 0.3 is 5.97 Å². The van der Waals surface area contributed by atoms with Crippen LogP contribution in [-0.2, 0) is 4.79 Å². The van der Waals surface area contributed by atoms with E-state index in [9.17, 15) is 4.79 Å². The smallest absolute Gasteiger partial charge is 0.328 e. The van der Waals surface area contributed by atoms with Crippen molar-refractivity contribution >= 4 is 5.97 Å². The monoisotopic (exact) mass is 182 g/mol. The molecule has 0 aromatic heterocycles. The Kier molecular flexibility index (Phi) is 3.52. The van der Waals surface area contributed by atoms with Crippen molar-refractivity contribution < 1.29 is 9.90 Å². The van der Waals surface area contributed by atoms with Crippen LogP contribution in [0.25, 0.3) is 0 Å². The predicted molar refractivity (Wildman–Crippen MR) is 52.5 cm³/mol. The molecular weight excluding hydrogens is 164 g/mol. The van der Waals surface area contributed by atoms with E-state index >= 15 is 0 Å². The van der Waals surface area contributed by atoms with Gasteiger partial charge < -0.3 is 5.11 Å². The maximum atomic E-state index is 10.5. The topological polar surface area (TPSA) is 37.3 Å². The number of carbonyl (C=O) groups is 1. The minimum atomic E-state index is -0.786. The van der Waals surface area contributed by atoms with Gasteiger partial charge in [0.1, 0.15) is 0 Å². The molecule has 0 radical (unpaired) electrons. The van der Waals surface area contributed by atoms with E-state index in [1.807, 2.05) is 0 Å². The Morgan fingerprint density at radius 3 is 2.92 bits per heavy atom. The molecule has 2 heteroatoms. The summed E-state index contributed by atoms with van der Waals surface area (Å²) in [6.07, 6.45) is 5.89. The van der Waals surface area contributed by atoms with Crippen LogP contribution < -0.4 is 0 Å². The molecule has 1 unspecified atom stereocenters. The summed E-state index contributed by atoms with van der Waals surface area (Å²) < 4.78 is 0. The molecule has 0 aromatic rings. The molecule has 1 aliphatic carbocycles. The molecule has 2 nitrogen and oxygen atoms in total. The zero-order chi connectivity index (χ0) is 9.84. The van der Waals surface area contributed by atoms with Gasteiger partial charge in [-0.25, -0.2) is 4.79 Å². The van der Waals surface area contributed by atoms with Gasteiger partial charge in [0.2, 0.25) is 0 Å². The van der Waals surface area contributed by atoms with Crippen molar-refractivity contribution in [3.8, 4) is 0 Å². The van der Waals surface area contributed by atoms with Crippen molar-refractivity contribution in [3.63, 3.8) is 0 Å². The summed E-state index contributed by atoms with van der Waals surface area (Å²) in [5.74, 6) is 0.419. The van der Waals surface area contributed by atoms with E-state index in [1.165, 1.54) is 12.5 Å². The van der Waals surface area contributed by atoms with Crippen LogP contribution in [0.15, 0.2) is 11.6 Å². The van der Waals surface area contributed by atoms with Crippen LogP contribution in [0.4, 0.5) is 0 Å². The lowest BCUT2D eigenvalue weighted by Crippen LogP contribution is -2.03. The molecule has 1 saturated carbocycles. The molecule has 0 aromatic carbocycles. The van der Waals surface area contributed by atoms with E-state index in [1.54, 1.807) is 0 Å². The van der Waals surface area contributed by atoms with Crippen molar-refractivity contribution in [2.45, 2.75) is 39.5 Å². The van der Waals surface area contributed by atoms with Crippen LogP contribution in [0.1, 0.15) is 39.5 Å². The quantitative estimate of drug-likeness (QED) is 0.681. The lowest BCUT2D eigenvalue weighted by atomic mass is 9.92. The number of carboxylic acids is 1. The van der Waals surface area contributed by atoms with Gasteiger partial charge in [0, 0.05) is 6.08 Å². The average Bonchev–Trinajstić information content (AvgIpc) is 2.34. The number of aliphatic carboxylic acids is 1. The molecule has 1 fully saturated rings. The number of allylic oxidation sites excluding steroid dienone is 1. The van der Waals surface area contributed by atoms with E-state index < -0.39 is 5.97 Å². The maximum absolute atomic E-state index is 10.5. The largest absolute Gasteiger partial charge is 0.478 e. The number of carboxylic acid groups (broad SMARTS) is 1. The van der Waals surface area contributed by atoms with Crippen molar-refractivity contribution in [2.75, 3.05) is 0 Å². The third-order valence-corrected chi connectivity index (χ3v) is 2.61. The predicted octanol–water partition coefficient (Wildman–Crippen LogP) is 2.84. The van der Waals surface area contributed by atoms with Crippen LogP contribution in [0.2, 0.25) is 0 Å². The maximum Gasteiger partial charge on any atom is 0.328 e. The SMILES string of the molecule is CC(C)CC1CCC/C1=C\C(=O)O. The van der Waals surface area contributed by atoms with Gasteiger partial charge in [0.05, 0.1) is 0 Å². The van der Waals surface area contributed by atoms with E-state index in [0.717, 1.165) is 24.8 Å². The number of rotatable bonds is 3. The van der Waals surface area contributed by atoms with Gasteiger partial charge in [0.25, 0.3) is 0 Å². The minimum Gasteiger partial charge on any atom is -0.478 e. The van der Waals surface area contributed by atoms with Crippen LogP contribution in [0, 0.1) is 11.8 Å². The molecule has 0 spiro atoms. The van der Waals surface area contributed by atoms with E-state index in [2.05, 4.69) is 13.8 Å². The molecule has 0 saturated heterocycles. The highest BCUT2D eigenvalue weighted by molar-refractivity contribution is 5.80. The normalized spacial score (nSPS) is 25.8. The Hall–Kier alpha value is -0.790. The zero-order valence-corrected chi connectivity index (χ0v) is 8.42. The molecule has 0 aliphatic heterocycles. The van der Waals surface area contributed by atoms with Crippen LogP contribution in [0.3, 0.4) is 0 Å². The first kappa shape index (κ1) is 10.3. The first-order chi connectivity index (χ1) is 6.09. The second kappa shape index (κ2) is 4.45. The van der Waals surface area contributed by atoms with Crippen LogP contribution in [-0.4, -0.2) is 11.1 Å². The highest BCUT2D eigenvalue weighted by atomic mass is 16.4. The fraction of sp³-hybridized carbons (Fsp3) is 0.727. The summed E-state index contributed by atoms with van der Waals surface area (Å²) in [6, 6.07) is 0. The third-order valence-electron chi connectivity index (χ3n) is 2.61. The minimum absolute atomic E-state index is 0.538. The molecule has 13 heavy (non-hydrogen) atoms. The fourth-order valence-corrected chi connectivity index (χ4v) is 2.13. The molecule has 1 rings (SSSR count). The van der Waals surface area contributed by atoms with Gasteiger partial charge in [-0.05, 0) is 37.5 Å². The summed E-state index contributed by atoms with van der Waals surface area (Å²) in [4.78, 5) is 10.5. The fourth-order valence-electron chi connectivity index (χ4n) is 2.13. The first-order valence-corrected chi connectivity index (χ1v) is 5.03. The summed E-state index contributed by atoms with van der Waals surface area (Å²) in [7, 11) is 0. The second-order valence-electron chi connectivity index (χ2n) is 4.28. The Balaban J connectivity index is 2.58. The molecule has 0 amide bonds. The number of hydrogen-bond donors (Lipinski definition) is 1. The number of hydrogen-bond acceptors (Lipinski definition) is 1. The lowest BCUT2D eigenvalue weighted by Gasteiger charge is -2.13. The average molecular weight is 182 g/mol. The molecule has 1 aliphatic rings. The zero-order valence-electron chi connectivity index (χ0n) is 8.42. The molecule has 0 bridgehead atoms. The van der Waals surface area contributed by atoms with Gasteiger partial charge in [-0.2, -0.15) is 0 Å². The lowest BCUT2D eigenvalue weighted by molar-refractivity contribution is -0.131. The van der Waals surface area contributed by atoms with Crippen molar-refractivity contribution in [1.29, 1.82) is 0 Å². The second-order valence-corrected chi connectivity index (χ2v) is 4.28. The molecular formula is C11H18O2. The summed E-state index contributed by atoms with van der Waals surface area (Å²) >= 11 is 0. The van der Waals surface area contributed by atoms with Crippen molar-refractivity contribution in [2.24, 2.45) is 11.8 Å². The Morgan fingerprint density at radius 1 is 1.69 bits per heavy atom. The molecule has 0 heterocycles. The molecule has 1 N–H and O–H groups in total. The summed E-state index contributed by atoms with van der Waals surface area (Å²) in [5.41, 5.74) is 1.15. The van der Waals surface area contributed by atoms with Crippen LogP contribution >= 0.6 is 0 Å². The van der Waals surface area contributed by atoms with Crippen molar-refractivity contribution in [3.05, 3.63) is 11.6 Å². The van der Waals surface area contributed by atoms with Gasteiger partial charge in [-0.3, -0.25) is 0 Å². The van der Waals surface area contributed by atoms with Gasteiger partial charge in [0.15, 0.2) is 0 Å². The van der Waals surface area contributed by atoms with E-state index in [0.29, 0.717) is 11.8 Å².